The fourth-order valence-corrected chi connectivity index (χ4v) is 2.25. The maximum Gasteiger partial charge on any atom is 0.176 e. The third-order valence-corrected chi connectivity index (χ3v) is 3.30. The summed E-state index contributed by atoms with van der Waals surface area (Å²) in [5.41, 5.74) is 0.635. The molecule has 0 aromatic heterocycles. The fraction of sp³-hybridized carbons (Fsp3) is 0.562. The summed E-state index contributed by atoms with van der Waals surface area (Å²) in [5.74, 6) is 2.86. The van der Waals surface area contributed by atoms with Crippen molar-refractivity contribution in [3.05, 3.63) is 23.8 Å². The summed E-state index contributed by atoms with van der Waals surface area (Å²) in [7, 11) is 0. The average Bonchev–Trinajstić information content (AvgIpc) is 2.34. The van der Waals surface area contributed by atoms with Crippen LogP contribution in [0, 0.1) is 0 Å². The van der Waals surface area contributed by atoms with E-state index in [1.807, 2.05) is 46.8 Å². The predicted molar refractivity (Wildman–Crippen MR) is 85.3 cm³/mol. The highest BCUT2D eigenvalue weighted by molar-refractivity contribution is 7.99. The smallest absolute Gasteiger partial charge is 0.176 e. The molecule has 3 nitrogen and oxygen atoms in total. The summed E-state index contributed by atoms with van der Waals surface area (Å²) in [6.07, 6.45) is 0.119. The zero-order valence-corrected chi connectivity index (χ0v) is 13.8. The lowest BCUT2D eigenvalue weighted by molar-refractivity contribution is 0.101. The Morgan fingerprint density at radius 3 is 2.35 bits per heavy atom. The first-order valence-electron chi connectivity index (χ1n) is 7.02. The molecular weight excluding hydrogens is 272 g/mol. The molecule has 0 bridgehead atoms. The van der Waals surface area contributed by atoms with Crippen LogP contribution in [0.3, 0.4) is 0 Å². The predicted octanol–water partition coefficient (Wildman–Crippen LogP) is 4.20. The molecule has 0 fully saturated rings. The van der Waals surface area contributed by atoms with Crippen LogP contribution in [0.15, 0.2) is 18.2 Å². The number of hydrogen-bond donors (Lipinski definition) is 0. The Kier molecular flexibility index (Phi) is 6.93. The Hall–Kier alpha value is -1.16. The quantitative estimate of drug-likeness (QED) is 0.674. The molecule has 0 aliphatic carbocycles. The number of carbonyl (C=O) groups is 1. The van der Waals surface area contributed by atoms with Crippen molar-refractivity contribution in [2.45, 2.75) is 46.8 Å². The maximum absolute atomic E-state index is 12.2. The van der Waals surface area contributed by atoms with Crippen LogP contribution in [0.4, 0.5) is 0 Å². The minimum atomic E-state index is 0.0229. The first-order valence-corrected chi connectivity index (χ1v) is 8.17. The molecule has 0 radical (unpaired) electrons. The van der Waals surface area contributed by atoms with E-state index in [1.165, 1.54) is 0 Å². The summed E-state index contributed by atoms with van der Waals surface area (Å²) >= 11 is 1.62. The Morgan fingerprint density at radius 1 is 1.15 bits per heavy atom. The van der Waals surface area contributed by atoms with E-state index in [0.29, 0.717) is 17.1 Å². The van der Waals surface area contributed by atoms with Crippen LogP contribution in [-0.4, -0.2) is 29.5 Å². The van der Waals surface area contributed by atoms with E-state index in [9.17, 15) is 4.79 Å². The van der Waals surface area contributed by atoms with Gasteiger partial charge in [0.15, 0.2) is 5.78 Å². The molecule has 0 amide bonds. The molecule has 0 saturated carbocycles. The normalized spacial score (nSPS) is 10.9. The molecule has 0 saturated heterocycles. The first-order chi connectivity index (χ1) is 9.43. The summed E-state index contributed by atoms with van der Waals surface area (Å²) in [4.78, 5) is 12.2. The third-order valence-electron chi connectivity index (χ3n) is 2.43. The second-order valence-corrected chi connectivity index (χ2v) is 6.33. The molecular formula is C16H24O3S. The topological polar surface area (TPSA) is 35.5 Å². The minimum Gasteiger partial charge on any atom is -0.491 e. The molecule has 1 rings (SSSR count). The SMILES string of the molecule is CCSCC(=O)c1ccc(OC(C)C)cc1OC(C)C. The van der Waals surface area contributed by atoms with Gasteiger partial charge in [0, 0.05) is 6.07 Å². The summed E-state index contributed by atoms with van der Waals surface area (Å²) < 4.78 is 11.4. The highest BCUT2D eigenvalue weighted by Crippen LogP contribution is 2.27. The molecule has 0 unspecified atom stereocenters. The summed E-state index contributed by atoms with van der Waals surface area (Å²) in [6, 6.07) is 5.44. The number of ketones is 1. The first kappa shape index (κ1) is 16.9. The van der Waals surface area contributed by atoms with Gasteiger partial charge >= 0.3 is 0 Å². The monoisotopic (exact) mass is 296 g/mol. The molecule has 0 aliphatic rings. The lowest BCUT2D eigenvalue weighted by Crippen LogP contribution is -2.12. The van der Waals surface area contributed by atoms with Gasteiger partial charge < -0.3 is 9.47 Å². The molecule has 20 heavy (non-hydrogen) atoms. The van der Waals surface area contributed by atoms with E-state index in [0.717, 1.165) is 11.5 Å². The van der Waals surface area contributed by atoms with E-state index >= 15 is 0 Å². The lowest BCUT2D eigenvalue weighted by Gasteiger charge is -2.16. The number of thioether (sulfide) groups is 1. The summed E-state index contributed by atoms with van der Waals surface area (Å²) in [6.45, 7) is 9.89. The zero-order valence-electron chi connectivity index (χ0n) is 12.9. The lowest BCUT2D eigenvalue weighted by atomic mass is 10.1. The Morgan fingerprint density at radius 2 is 1.80 bits per heavy atom. The van der Waals surface area contributed by atoms with Gasteiger partial charge in [-0.25, -0.2) is 0 Å². The van der Waals surface area contributed by atoms with Gasteiger partial charge in [0.1, 0.15) is 11.5 Å². The van der Waals surface area contributed by atoms with Crippen LogP contribution < -0.4 is 9.47 Å². The number of benzene rings is 1. The van der Waals surface area contributed by atoms with E-state index in [4.69, 9.17) is 9.47 Å². The molecule has 4 heteroatoms. The second kappa shape index (κ2) is 8.20. The standard InChI is InChI=1S/C16H24O3S/c1-6-20-10-15(17)14-8-7-13(18-11(2)3)9-16(14)19-12(4)5/h7-9,11-12H,6,10H2,1-5H3. The van der Waals surface area contributed by atoms with Crippen LogP contribution in [0.25, 0.3) is 0 Å². The summed E-state index contributed by atoms with van der Waals surface area (Å²) in [5, 5.41) is 0. The Bertz CT molecular complexity index is 441. The van der Waals surface area contributed by atoms with Crippen molar-refractivity contribution in [3.63, 3.8) is 0 Å². The van der Waals surface area contributed by atoms with Crippen LogP contribution >= 0.6 is 11.8 Å². The highest BCUT2D eigenvalue weighted by atomic mass is 32.2. The molecule has 0 spiro atoms. The number of rotatable bonds is 8. The van der Waals surface area contributed by atoms with Crippen LogP contribution in [0.2, 0.25) is 0 Å². The zero-order chi connectivity index (χ0) is 15.1. The van der Waals surface area contributed by atoms with Gasteiger partial charge in [-0.2, -0.15) is 11.8 Å². The molecule has 0 atom stereocenters. The van der Waals surface area contributed by atoms with Gasteiger partial charge in [0.25, 0.3) is 0 Å². The molecule has 1 aromatic rings. The Balaban J connectivity index is 2.99. The highest BCUT2D eigenvalue weighted by Gasteiger charge is 2.15. The third kappa shape index (κ3) is 5.45. The molecule has 112 valence electrons. The second-order valence-electron chi connectivity index (χ2n) is 5.05. The van der Waals surface area contributed by atoms with Gasteiger partial charge in [-0.15, -0.1) is 0 Å². The van der Waals surface area contributed by atoms with Crippen LogP contribution in [0.1, 0.15) is 45.0 Å². The van der Waals surface area contributed by atoms with Crippen molar-refractivity contribution in [1.29, 1.82) is 0 Å². The van der Waals surface area contributed by atoms with Gasteiger partial charge in [0.05, 0.1) is 23.5 Å². The minimum absolute atomic E-state index is 0.0229. The van der Waals surface area contributed by atoms with Crippen molar-refractivity contribution >= 4 is 17.5 Å². The number of ether oxygens (including phenoxy) is 2. The van der Waals surface area contributed by atoms with Gasteiger partial charge in [-0.05, 0) is 45.6 Å². The van der Waals surface area contributed by atoms with Gasteiger partial charge in [0.2, 0.25) is 0 Å². The number of carbonyl (C=O) groups excluding carboxylic acids is 1. The molecule has 0 heterocycles. The van der Waals surface area contributed by atoms with Gasteiger partial charge in [-0.1, -0.05) is 6.92 Å². The van der Waals surface area contributed by atoms with Crippen LogP contribution in [-0.2, 0) is 0 Å². The number of Topliss-reactive ketones (excluding diaryl/α,β-unsaturated/α-hetero) is 1. The van der Waals surface area contributed by atoms with Crippen molar-refractivity contribution in [2.24, 2.45) is 0 Å². The molecule has 0 aliphatic heterocycles. The molecule has 1 aromatic carbocycles. The molecule has 0 N–H and O–H groups in total. The van der Waals surface area contributed by atoms with Gasteiger partial charge in [-0.3, -0.25) is 4.79 Å². The van der Waals surface area contributed by atoms with E-state index in [2.05, 4.69) is 0 Å². The maximum atomic E-state index is 12.2. The van der Waals surface area contributed by atoms with Crippen molar-refractivity contribution in [1.82, 2.24) is 0 Å². The Labute approximate surface area is 126 Å². The number of hydrogen-bond acceptors (Lipinski definition) is 4. The van der Waals surface area contributed by atoms with Crippen molar-refractivity contribution < 1.29 is 14.3 Å². The largest absolute Gasteiger partial charge is 0.491 e. The van der Waals surface area contributed by atoms with E-state index in [1.54, 1.807) is 17.8 Å². The van der Waals surface area contributed by atoms with E-state index in [-0.39, 0.29) is 18.0 Å². The van der Waals surface area contributed by atoms with Crippen molar-refractivity contribution in [3.8, 4) is 11.5 Å². The fourth-order valence-electron chi connectivity index (χ4n) is 1.70. The average molecular weight is 296 g/mol. The van der Waals surface area contributed by atoms with Crippen molar-refractivity contribution in [2.75, 3.05) is 11.5 Å². The van der Waals surface area contributed by atoms with E-state index < -0.39 is 0 Å². The van der Waals surface area contributed by atoms with Crippen LogP contribution in [0.5, 0.6) is 11.5 Å².